The summed E-state index contributed by atoms with van der Waals surface area (Å²) in [6.07, 6.45) is 3.99. The van der Waals surface area contributed by atoms with Gasteiger partial charge in [-0.1, -0.05) is 13.8 Å². The predicted octanol–water partition coefficient (Wildman–Crippen LogP) is 2.12. The Morgan fingerprint density at radius 1 is 1.26 bits per heavy atom. The van der Waals surface area contributed by atoms with Crippen LogP contribution in [-0.2, 0) is 0 Å². The topological polar surface area (TPSA) is 83.6 Å². The van der Waals surface area contributed by atoms with Crippen molar-refractivity contribution in [1.29, 1.82) is 0 Å². The maximum atomic E-state index is 15.0. The van der Waals surface area contributed by atoms with Crippen molar-refractivity contribution >= 4 is 11.2 Å². The molecule has 3 N–H and O–H groups in total. The molecule has 0 bridgehead atoms. The zero-order valence-electron chi connectivity index (χ0n) is 16.1. The minimum Gasteiger partial charge on any atom is -0.368 e. The van der Waals surface area contributed by atoms with Crippen LogP contribution in [-0.4, -0.2) is 28.5 Å². The van der Waals surface area contributed by atoms with Gasteiger partial charge in [-0.15, -0.1) is 0 Å². The Bertz CT molecular complexity index is 1010. The lowest BCUT2D eigenvalue weighted by Gasteiger charge is -2.26. The molecule has 0 spiro atoms. The van der Waals surface area contributed by atoms with Crippen LogP contribution in [0.1, 0.15) is 50.2 Å². The highest BCUT2D eigenvalue weighted by molar-refractivity contribution is 5.72. The molecule has 4 rings (SSSR count). The molecule has 146 valence electrons. The second-order valence-corrected chi connectivity index (χ2v) is 8.43. The lowest BCUT2D eigenvalue weighted by molar-refractivity contribution is 0.365. The maximum Gasteiger partial charge on any atom is 0.333 e. The zero-order valence-corrected chi connectivity index (χ0v) is 16.1. The van der Waals surface area contributed by atoms with Crippen LogP contribution in [0, 0.1) is 24.6 Å². The van der Waals surface area contributed by atoms with Crippen molar-refractivity contribution in [3.8, 4) is 0 Å². The molecule has 2 atom stereocenters. The number of anilines is 1. The molecule has 1 saturated carbocycles. The van der Waals surface area contributed by atoms with E-state index in [0.717, 1.165) is 25.8 Å². The third-order valence-electron chi connectivity index (χ3n) is 6.20. The molecular formula is C20H27FN4O2. The van der Waals surface area contributed by atoms with E-state index in [1.54, 1.807) is 0 Å². The van der Waals surface area contributed by atoms with Gasteiger partial charge in [0, 0.05) is 30.3 Å². The maximum absolute atomic E-state index is 15.0. The minimum absolute atomic E-state index is 0.0753. The molecule has 1 aliphatic heterocycles. The van der Waals surface area contributed by atoms with E-state index in [1.165, 1.54) is 10.6 Å². The Morgan fingerprint density at radius 2 is 1.96 bits per heavy atom. The van der Waals surface area contributed by atoms with Crippen LogP contribution in [0.25, 0.3) is 5.52 Å². The van der Waals surface area contributed by atoms with Gasteiger partial charge < -0.3 is 10.6 Å². The summed E-state index contributed by atoms with van der Waals surface area (Å²) in [6, 6.07) is 0.0753. The number of nitrogens with zero attached hydrogens (tertiary/aromatic N) is 2. The molecule has 2 aromatic rings. The Labute approximate surface area is 157 Å². The van der Waals surface area contributed by atoms with E-state index in [-0.39, 0.29) is 17.5 Å². The molecule has 6 nitrogen and oxygen atoms in total. The molecule has 2 aliphatic rings. The van der Waals surface area contributed by atoms with Crippen LogP contribution in [0.15, 0.2) is 15.8 Å². The monoisotopic (exact) mass is 374 g/mol. The van der Waals surface area contributed by atoms with Gasteiger partial charge in [0.15, 0.2) is 5.82 Å². The number of nitrogens with one attached hydrogen (secondary N) is 1. The van der Waals surface area contributed by atoms with Gasteiger partial charge in [0.25, 0.3) is 5.56 Å². The highest BCUT2D eigenvalue weighted by Crippen LogP contribution is 2.42. The van der Waals surface area contributed by atoms with Crippen molar-refractivity contribution in [3.05, 3.63) is 44.0 Å². The number of hydrogen-bond donors (Lipinski definition) is 2. The van der Waals surface area contributed by atoms with E-state index in [0.29, 0.717) is 40.7 Å². The molecule has 0 aromatic carbocycles. The fourth-order valence-electron chi connectivity index (χ4n) is 4.52. The van der Waals surface area contributed by atoms with Crippen molar-refractivity contribution in [3.63, 3.8) is 0 Å². The Hall–Kier alpha value is -2.15. The lowest BCUT2D eigenvalue weighted by atomic mass is 9.91. The summed E-state index contributed by atoms with van der Waals surface area (Å²) in [4.78, 5) is 29.1. The van der Waals surface area contributed by atoms with Crippen LogP contribution in [0.4, 0.5) is 10.1 Å². The number of halogens is 1. The van der Waals surface area contributed by atoms with Crippen LogP contribution >= 0.6 is 0 Å². The van der Waals surface area contributed by atoms with E-state index >= 15 is 4.39 Å². The fourth-order valence-corrected chi connectivity index (χ4v) is 4.52. The van der Waals surface area contributed by atoms with Crippen molar-refractivity contribution in [2.45, 2.75) is 52.0 Å². The molecule has 1 aliphatic carbocycles. The predicted molar refractivity (Wildman–Crippen MR) is 104 cm³/mol. The molecule has 7 heteroatoms. The number of nitrogens with two attached hydrogens (primary N) is 1. The lowest BCUT2D eigenvalue weighted by Crippen LogP contribution is -2.37. The van der Waals surface area contributed by atoms with Gasteiger partial charge >= 0.3 is 5.69 Å². The summed E-state index contributed by atoms with van der Waals surface area (Å²) < 4.78 is 16.3. The number of hydrogen-bond acceptors (Lipinski definition) is 4. The average Bonchev–Trinajstić information content (AvgIpc) is 3.32. The zero-order chi connectivity index (χ0) is 19.5. The summed E-state index contributed by atoms with van der Waals surface area (Å²) in [6.45, 7) is 7.45. The number of aromatic amines is 1. The number of fused-ring (bicyclic) bond motifs is 1. The molecule has 2 aromatic heterocycles. The summed E-state index contributed by atoms with van der Waals surface area (Å²) in [5.74, 6) is 0.400. The van der Waals surface area contributed by atoms with Gasteiger partial charge in [0.2, 0.25) is 0 Å². The molecule has 2 unspecified atom stereocenters. The number of H-pyrrole nitrogens is 1. The second-order valence-electron chi connectivity index (χ2n) is 8.43. The van der Waals surface area contributed by atoms with E-state index in [4.69, 9.17) is 5.73 Å². The summed E-state index contributed by atoms with van der Waals surface area (Å²) >= 11 is 0. The van der Waals surface area contributed by atoms with Crippen molar-refractivity contribution in [2.24, 2.45) is 17.6 Å². The van der Waals surface area contributed by atoms with Gasteiger partial charge in [-0.3, -0.25) is 14.2 Å². The molecular weight excluding hydrogens is 347 g/mol. The molecule has 3 heterocycles. The first-order chi connectivity index (χ1) is 12.8. The quantitative estimate of drug-likeness (QED) is 0.859. The third kappa shape index (κ3) is 2.98. The molecule has 1 saturated heterocycles. The SMILES string of the molecule is Cc1c(N2CCC(C(N)C(C)C)C2)c(F)cn2c(=O)[nH]c(=O)c(C3CC3)c12. The molecule has 0 amide bonds. The molecule has 2 fully saturated rings. The van der Waals surface area contributed by atoms with Gasteiger partial charge in [0.1, 0.15) is 0 Å². The molecule has 27 heavy (non-hydrogen) atoms. The van der Waals surface area contributed by atoms with Gasteiger partial charge in [-0.25, -0.2) is 9.18 Å². The number of pyridine rings is 1. The summed E-state index contributed by atoms with van der Waals surface area (Å²) in [7, 11) is 0. The van der Waals surface area contributed by atoms with E-state index in [2.05, 4.69) is 18.8 Å². The number of aromatic nitrogens is 2. The molecule has 0 radical (unpaired) electrons. The Morgan fingerprint density at radius 3 is 2.59 bits per heavy atom. The van der Waals surface area contributed by atoms with Crippen molar-refractivity contribution < 1.29 is 4.39 Å². The van der Waals surface area contributed by atoms with Crippen LogP contribution in [0.5, 0.6) is 0 Å². The largest absolute Gasteiger partial charge is 0.368 e. The first-order valence-electron chi connectivity index (χ1n) is 9.77. The van der Waals surface area contributed by atoms with Crippen LogP contribution in [0.2, 0.25) is 0 Å². The van der Waals surface area contributed by atoms with E-state index in [9.17, 15) is 9.59 Å². The van der Waals surface area contributed by atoms with Crippen LogP contribution < -0.4 is 21.9 Å². The van der Waals surface area contributed by atoms with E-state index in [1.807, 2.05) is 11.8 Å². The second kappa shape index (κ2) is 6.48. The smallest absolute Gasteiger partial charge is 0.333 e. The highest BCUT2D eigenvalue weighted by atomic mass is 19.1. The number of rotatable bonds is 4. The fraction of sp³-hybridized carbons (Fsp3) is 0.600. The van der Waals surface area contributed by atoms with Crippen LogP contribution in [0.3, 0.4) is 0 Å². The Balaban J connectivity index is 1.84. The van der Waals surface area contributed by atoms with Crippen molar-refractivity contribution in [2.75, 3.05) is 18.0 Å². The highest BCUT2D eigenvalue weighted by Gasteiger charge is 2.34. The number of aryl methyl sites for hydroxylation is 1. The Kier molecular flexibility index (Phi) is 4.37. The standard InChI is InChI=1S/C20H27FN4O2/c1-10(2)16(22)13-6-7-24(8-13)17-11(3)18-15(12-4-5-12)19(26)23-20(27)25(18)9-14(17)21/h9-10,12-13,16H,4-8,22H2,1-3H3,(H,23,26,27). The van der Waals surface area contributed by atoms with Gasteiger partial charge in [0.05, 0.1) is 17.4 Å². The summed E-state index contributed by atoms with van der Waals surface area (Å²) in [5.41, 5.74) is 7.75. The average molecular weight is 374 g/mol. The van der Waals surface area contributed by atoms with Gasteiger partial charge in [-0.2, -0.15) is 0 Å². The summed E-state index contributed by atoms with van der Waals surface area (Å²) in [5, 5.41) is 0. The van der Waals surface area contributed by atoms with Crippen molar-refractivity contribution in [1.82, 2.24) is 9.38 Å². The van der Waals surface area contributed by atoms with Gasteiger partial charge in [-0.05, 0) is 43.9 Å². The minimum atomic E-state index is -0.589. The first-order valence-corrected chi connectivity index (χ1v) is 9.77. The third-order valence-corrected chi connectivity index (χ3v) is 6.20. The normalized spacial score (nSPS) is 21.4. The first kappa shape index (κ1) is 18.2. The van der Waals surface area contributed by atoms with E-state index < -0.39 is 11.5 Å².